The summed E-state index contributed by atoms with van der Waals surface area (Å²) in [5, 5.41) is 3.54. The van der Waals surface area contributed by atoms with E-state index in [0.717, 1.165) is 6.54 Å². The SMILES string of the molecule is CCNC1CC2CCCC(C1)N2CC(N)=O. The van der Waals surface area contributed by atoms with Crippen molar-refractivity contribution in [3.05, 3.63) is 0 Å². The number of hydrogen-bond acceptors (Lipinski definition) is 3. The number of nitrogens with zero attached hydrogens (tertiary/aromatic N) is 1. The summed E-state index contributed by atoms with van der Waals surface area (Å²) in [5.41, 5.74) is 5.32. The first-order valence-electron chi connectivity index (χ1n) is 6.48. The van der Waals surface area contributed by atoms with E-state index in [1.807, 2.05) is 0 Å². The van der Waals surface area contributed by atoms with E-state index in [1.165, 1.54) is 32.1 Å². The van der Waals surface area contributed by atoms with Gasteiger partial charge in [0.2, 0.25) is 5.91 Å². The fraction of sp³-hybridized carbons (Fsp3) is 0.917. The third-order valence-electron chi connectivity index (χ3n) is 3.96. The Bertz CT molecular complexity index is 243. The molecule has 0 saturated carbocycles. The molecule has 1 amide bonds. The normalized spacial score (nSPS) is 34.9. The van der Waals surface area contributed by atoms with Crippen LogP contribution in [0.15, 0.2) is 0 Å². The summed E-state index contributed by atoms with van der Waals surface area (Å²) in [6.07, 6.45) is 6.12. The fourth-order valence-electron chi connectivity index (χ4n) is 3.37. The van der Waals surface area contributed by atoms with Crippen LogP contribution in [0, 0.1) is 0 Å². The molecule has 0 radical (unpaired) electrons. The van der Waals surface area contributed by atoms with Crippen molar-refractivity contribution < 1.29 is 4.79 Å². The maximum absolute atomic E-state index is 11.1. The summed E-state index contributed by atoms with van der Waals surface area (Å²) in [6.45, 7) is 3.65. The highest BCUT2D eigenvalue weighted by molar-refractivity contribution is 5.76. The highest BCUT2D eigenvalue weighted by Crippen LogP contribution is 2.33. The van der Waals surface area contributed by atoms with Crippen LogP contribution in [-0.4, -0.2) is 42.0 Å². The zero-order valence-corrected chi connectivity index (χ0v) is 10.1. The van der Waals surface area contributed by atoms with E-state index in [4.69, 9.17) is 5.73 Å². The number of amides is 1. The van der Waals surface area contributed by atoms with Crippen LogP contribution in [0.2, 0.25) is 0 Å². The van der Waals surface area contributed by atoms with Crippen LogP contribution < -0.4 is 11.1 Å². The van der Waals surface area contributed by atoms with E-state index < -0.39 is 0 Å². The van der Waals surface area contributed by atoms with E-state index >= 15 is 0 Å². The number of nitrogens with two attached hydrogens (primary N) is 1. The van der Waals surface area contributed by atoms with Crippen molar-refractivity contribution in [3.63, 3.8) is 0 Å². The molecule has 0 spiro atoms. The van der Waals surface area contributed by atoms with Gasteiger partial charge in [-0.05, 0) is 32.2 Å². The van der Waals surface area contributed by atoms with Crippen LogP contribution in [0.25, 0.3) is 0 Å². The molecule has 0 aromatic heterocycles. The van der Waals surface area contributed by atoms with Crippen LogP contribution in [0.5, 0.6) is 0 Å². The Morgan fingerprint density at radius 3 is 2.50 bits per heavy atom. The lowest BCUT2D eigenvalue weighted by molar-refractivity contribution is -0.122. The monoisotopic (exact) mass is 225 g/mol. The Hall–Kier alpha value is -0.610. The number of nitrogens with one attached hydrogen (secondary N) is 1. The van der Waals surface area contributed by atoms with Crippen molar-refractivity contribution >= 4 is 5.91 Å². The fourth-order valence-corrected chi connectivity index (χ4v) is 3.37. The zero-order valence-electron chi connectivity index (χ0n) is 10.1. The second-order valence-corrected chi connectivity index (χ2v) is 5.10. The quantitative estimate of drug-likeness (QED) is 0.731. The summed E-state index contributed by atoms with van der Waals surface area (Å²) >= 11 is 0. The van der Waals surface area contributed by atoms with Gasteiger partial charge in [-0.25, -0.2) is 0 Å². The van der Waals surface area contributed by atoms with E-state index in [2.05, 4.69) is 17.1 Å². The maximum atomic E-state index is 11.1. The standard InChI is InChI=1S/C12H23N3O/c1-2-14-9-6-10-4-3-5-11(7-9)15(10)8-12(13)16/h9-11,14H,2-8H2,1H3,(H2,13,16). The number of carbonyl (C=O) groups is 1. The highest BCUT2D eigenvalue weighted by atomic mass is 16.1. The van der Waals surface area contributed by atoms with E-state index in [9.17, 15) is 4.79 Å². The number of fused-ring (bicyclic) bond motifs is 2. The predicted molar refractivity (Wildman–Crippen MR) is 64.0 cm³/mol. The van der Waals surface area contributed by atoms with Gasteiger partial charge in [0.15, 0.2) is 0 Å². The number of carbonyl (C=O) groups excluding carboxylic acids is 1. The van der Waals surface area contributed by atoms with Crippen molar-refractivity contribution in [2.45, 2.75) is 57.2 Å². The van der Waals surface area contributed by atoms with Crippen LogP contribution in [-0.2, 0) is 4.79 Å². The predicted octanol–water partition coefficient (Wildman–Crippen LogP) is 0.467. The molecule has 92 valence electrons. The van der Waals surface area contributed by atoms with Crippen molar-refractivity contribution in [2.24, 2.45) is 5.73 Å². The minimum absolute atomic E-state index is 0.182. The summed E-state index contributed by atoms with van der Waals surface area (Å²) < 4.78 is 0. The van der Waals surface area contributed by atoms with Gasteiger partial charge in [0.05, 0.1) is 6.54 Å². The molecule has 0 aromatic carbocycles. The van der Waals surface area contributed by atoms with Crippen LogP contribution >= 0.6 is 0 Å². The van der Waals surface area contributed by atoms with Crippen LogP contribution in [0.4, 0.5) is 0 Å². The zero-order chi connectivity index (χ0) is 11.5. The van der Waals surface area contributed by atoms with Gasteiger partial charge >= 0.3 is 0 Å². The second-order valence-electron chi connectivity index (χ2n) is 5.10. The third-order valence-corrected chi connectivity index (χ3v) is 3.96. The summed E-state index contributed by atoms with van der Waals surface area (Å²) in [5.74, 6) is -0.182. The summed E-state index contributed by atoms with van der Waals surface area (Å²) in [4.78, 5) is 13.4. The van der Waals surface area contributed by atoms with Gasteiger partial charge in [0, 0.05) is 18.1 Å². The molecule has 2 fully saturated rings. The molecule has 0 aliphatic carbocycles. The summed E-state index contributed by atoms with van der Waals surface area (Å²) in [6, 6.07) is 1.79. The molecule has 2 aliphatic heterocycles. The molecule has 2 atom stereocenters. The Labute approximate surface area is 97.6 Å². The number of primary amides is 1. The molecular formula is C12H23N3O. The molecule has 2 heterocycles. The van der Waals surface area contributed by atoms with E-state index in [1.54, 1.807) is 0 Å². The summed E-state index contributed by atoms with van der Waals surface area (Å²) in [7, 11) is 0. The lowest BCUT2D eigenvalue weighted by atomic mass is 9.81. The Balaban J connectivity index is 1.99. The molecule has 16 heavy (non-hydrogen) atoms. The third kappa shape index (κ3) is 2.55. The molecule has 3 N–H and O–H groups in total. The lowest BCUT2D eigenvalue weighted by Crippen LogP contribution is -2.58. The van der Waals surface area contributed by atoms with Gasteiger partial charge in [-0.1, -0.05) is 13.3 Å². The second kappa shape index (κ2) is 5.15. The number of rotatable bonds is 4. The van der Waals surface area contributed by atoms with Crippen molar-refractivity contribution in [3.8, 4) is 0 Å². The van der Waals surface area contributed by atoms with Crippen LogP contribution in [0.3, 0.4) is 0 Å². The minimum atomic E-state index is -0.182. The molecule has 4 heteroatoms. The lowest BCUT2D eigenvalue weighted by Gasteiger charge is -2.48. The first kappa shape index (κ1) is 11.9. The molecule has 2 aliphatic rings. The van der Waals surface area contributed by atoms with Gasteiger partial charge in [-0.2, -0.15) is 0 Å². The highest BCUT2D eigenvalue weighted by Gasteiger charge is 2.38. The van der Waals surface area contributed by atoms with E-state index in [-0.39, 0.29) is 5.91 Å². The molecule has 2 rings (SSSR count). The van der Waals surface area contributed by atoms with Gasteiger partial charge in [-0.15, -0.1) is 0 Å². The molecule has 4 nitrogen and oxygen atoms in total. The van der Waals surface area contributed by atoms with Gasteiger partial charge < -0.3 is 11.1 Å². The van der Waals surface area contributed by atoms with E-state index in [0.29, 0.717) is 24.7 Å². The largest absolute Gasteiger partial charge is 0.369 e. The number of hydrogen-bond donors (Lipinski definition) is 2. The van der Waals surface area contributed by atoms with Gasteiger partial charge in [0.1, 0.15) is 0 Å². The average molecular weight is 225 g/mol. The first-order valence-corrected chi connectivity index (χ1v) is 6.48. The first-order chi connectivity index (χ1) is 7.70. The molecule has 2 unspecified atom stereocenters. The smallest absolute Gasteiger partial charge is 0.231 e. The molecule has 2 saturated heterocycles. The molecule has 2 bridgehead atoms. The van der Waals surface area contributed by atoms with Gasteiger partial charge in [0.25, 0.3) is 0 Å². The van der Waals surface area contributed by atoms with Crippen molar-refractivity contribution in [1.82, 2.24) is 10.2 Å². The van der Waals surface area contributed by atoms with Crippen LogP contribution in [0.1, 0.15) is 39.0 Å². The maximum Gasteiger partial charge on any atom is 0.231 e. The minimum Gasteiger partial charge on any atom is -0.369 e. The number of piperidine rings is 2. The van der Waals surface area contributed by atoms with Crippen molar-refractivity contribution in [2.75, 3.05) is 13.1 Å². The topological polar surface area (TPSA) is 58.4 Å². The Morgan fingerprint density at radius 2 is 2.00 bits per heavy atom. The molecular weight excluding hydrogens is 202 g/mol. The van der Waals surface area contributed by atoms with Crippen molar-refractivity contribution in [1.29, 1.82) is 0 Å². The molecule has 0 aromatic rings. The van der Waals surface area contributed by atoms with Gasteiger partial charge in [-0.3, -0.25) is 9.69 Å². The Kier molecular flexibility index (Phi) is 3.82. The average Bonchev–Trinajstić information content (AvgIpc) is 2.18. The Morgan fingerprint density at radius 1 is 1.38 bits per heavy atom.